The predicted octanol–water partition coefficient (Wildman–Crippen LogP) is 4.16. The van der Waals surface area contributed by atoms with Crippen molar-refractivity contribution in [2.24, 2.45) is 0 Å². The van der Waals surface area contributed by atoms with Crippen LogP contribution in [0.3, 0.4) is 0 Å². The summed E-state index contributed by atoms with van der Waals surface area (Å²) < 4.78 is 37.6. The molecule has 0 bridgehead atoms. The summed E-state index contributed by atoms with van der Waals surface area (Å²) in [4.78, 5) is 23.5. The first-order chi connectivity index (χ1) is 14.3. The van der Waals surface area contributed by atoms with Gasteiger partial charge in [-0.25, -0.2) is 0 Å². The molecule has 2 aliphatic heterocycles. The number of hydrogen-bond acceptors (Lipinski definition) is 8. The summed E-state index contributed by atoms with van der Waals surface area (Å²) in [5.41, 5.74) is 0.633. The maximum atomic E-state index is 11.9. The molecule has 2 saturated heterocycles. The fraction of sp³-hybridized carbons (Fsp3) is 0.905. The highest BCUT2D eigenvalue weighted by Gasteiger charge is 2.62. The monoisotopic (exact) mass is 476 g/mol. The molecule has 0 unspecified atom stereocenters. The number of hydrogen-bond donors (Lipinski definition) is 0. The SMILES string of the molecule is CC(=O)O[C@H]1O[C@@H]2CO[Si](C(C)C)(C(C)C)O[Si](C(C)C)(C(C)C)O[C@H]2[C@H]1OC(C)=O. The minimum absolute atomic E-state index is 0.116. The van der Waals surface area contributed by atoms with Crippen LogP contribution in [0.4, 0.5) is 0 Å². The molecule has 10 heteroatoms. The van der Waals surface area contributed by atoms with Gasteiger partial charge in [0, 0.05) is 13.8 Å². The lowest BCUT2D eigenvalue weighted by molar-refractivity contribution is -0.195. The molecule has 0 aromatic heterocycles. The summed E-state index contributed by atoms with van der Waals surface area (Å²) in [5.74, 6) is -1.01. The molecule has 8 nitrogen and oxygen atoms in total. The summed E-state index contributed by atoms with van der Waals surface area (Å²) in [6, 6.07) is 0. The fourth-order valence-corrected chi connectivity index (χ4v) is 15.9. The van der Waals surface area contributed by atoms with Crippen molar-refractivity contribution < 1.29 is 36.8 Å². The van der Waals surface area contributed by atoms with Gasteiger partial charge in [0.15, 0.2) is 6.10 Å². The highest BCUT2D eigenvalue weighted by Crippen LogP contribution is 2.47. The smallest absolute Gasteiger partial charge is 0.335 e. The standard InChI is InChI=1S/C21H40O8Si2/c1-12(2)30(13(3)4)24-11-18-19(28-31(29-30,14(5)6)15(7)8)20(25-16(9)22)21(27-18)26-17(10)23/h12-15,18-21H,11H2,1-10H3/t18-,19-,20-,21+/m1/s1. The molecule has 0 aromatic carbocycles. The Balaban J connectivity index is 2.58. The molecular weight excluding hydrogens is 436 g/mol. The molecule has 0 amide bonds. The molecule has 0 aliphatic carbocycles. The van der Waals surface area contributed by atoms with Gasteiger partial charge in [-0.05, 0) is 22.2 Å². The van der Waals surface area contributed by atoms with Crippen LogP contribution in [0.2, 0.25) is 22.2 Å². The summed E-state index contributed by atoms with van der Waals surface area (Å²) >= 11 is 0. The van der Waals surface area contributed by atoms with Crippen LogP contribution in [-0.4, -0.2) is 60.3 Å². The number of carbonyl (C=O) groups excluding carboxylic acids is 2. The maximum absolute atomic E-state index is 11.9. The van der Waals surface area contributed by atoms with Crippen molar-refractivity contribution in [3.63, 3.8) is 0 Å². The molecule has 2 aliphatic rings. The van der Waals surface area contributed by atoms with E-state index in [4.69, 9.17) is 27.2 Å². The Hall–Kier alpha value is -0.786. The third-order valence-electron chi connectivity index (χ3n) is 6.18. The van der Waals surface area contributed by atoms with Gasteiger partial charge in [0.2, 0.25) is 6.29 Å². The number of ether oxygens (including phenoxy) is 3. The lowest BCUT2D eigenvalue weighted by Gasteiger charge is -2.51. The van der Waals surface area contributed by atoms with Gasteiger partial charge in [-0.15, -0.1) is 0 Å². The zero-order valence-electron chi connectivity index (χ0n) is 20.6. The number of esters is 2. The molecule has 0 radical (unpaired) electrons. The highest BCUT2D eigenvalue weighted by atomic mass is 28.5. The molecule has 4 atom stereocenters. The Bertz CT molecular complexity index is 635. The molecule has 2 fully saturated rings. The maximum Gasteiger partial charge on any atom is 0.335 e. The molecular formula is C21H40O8Si2. The Morgan fingerprint density at radius 3 is 1.71 bits per heavy atom. The third-order valence-corrected chi connectivity index (χ3v) is 16.4. The molecule has 180 valence electrons. The topological polar surface area (TPSA) is 89.5 Å². The van der Waals surface area contributed by atoms with Crippen molar-refractivity contribution in [3.8, 4) is 0 Å². The van der Waals surface area contributed by atoms with Crippen molar-refractivity contribution >= 4 is 29.1 Å². The van der Waals surface area contributed by atoms with E-state index in [2.05, 4.69) is 55.4 Å². The van der Waals surface area contributed by atoms with Gasteiger partial charge in [-0.3, -0.25) is 9.59 Å². The van der Waals surface area contributed by atoms with Gasteiger partial charge in [-0.1, -0.05) is 55.4 Å². The van der Waals surface area contributed by atoms with Crippen molar-refractivity contribution in [2.75, 3.05) is 6.61 Å². The minimum Gasteiger partial charge on any atom is -0.453 e. The van der Waals surface area contributed by atoms with Crippen LogP contribution in [0.15, 0.2) is 0 Å². The summed E-state index contributed by atoms with van der Waals surface area (Å²) in [5, 5.41) is 0. The first-order valence-electron chi connectivity index (χ1n) is 11.3. The highest BCUT2D eigenvalue weighted by molar-refractivity contribution is 6.83. The third kappa shape index (κ3) is 5.25. The van der Waals surface area contributed by atoms with E-state index in [0.29, 0.717) is 0 Å². The first kappa shape index (κ1) is 26.5. The Morgan fingerprint density at radius 1 is 0.806 bits per heavy atom. The van der Waals surface area contributed by atoms with Crippen LogP contribution in [0.1, 0.15) is 69.2 Å². The van der Waals surface area contributed by atoms with Gasteiger partial charge < -0.3 is 27.2 Å². The van der Waals surface area contributed by atoms with Crippen LogP contribution in [0.25, 0.3) is 0 Å². The summed E-state index contributed by atoms with van der Waals surface area (Å²) in [7, 11) is -5.61. The van der Waals surface area contributed by atoms with E-state index in [1.54, 1.807) is 0 Å². The molecule has 0 N–H and O–H groups in total. The second-order valence-corrected chi connectivity index (χ2v) is 18.6. The predicted molar refractivity (Wildman–Crippen MR) is 120 cm³/mol. The van der Waals surface area contributed by atoms with E-state index in [1.165, 1.54) is 13.8 Å². The van der Waals surface area contributed by atoms with E-state index in [9.17, 15) is 9.59 Å². The Morgan fingerprint density at radius 2 is 1.29 bits per heavy atom. The Kier molecular flexibility index (Phi) is 8.54. The van der Waals surface area contributed by atoms with Crippen LogP contribution in [0.5, 0.6) is 0 Å². The second kappa shape index (κ2) is 10.0. The molecule has 0 aromatic rings. The average Bonchev–Trinajstić information content (AvgIpc) is 2.89. The number of carbonyl (C=O) groups is 2. The van der Waals surface area contributed by atoms with E-state index < -0.39 is 53.7 Å². The van der Waals surface area contributed by atoms with E-state index in [-0.39, 0.29) is 28.8 Å². The van der Waals surface area contributed by atoms with Gasteiger partial charge in [0.05, 0.1) is 6.61 Å². The lowest BCUT2D eigenvalue weighted by atomic mass is 10.1. The second-order valence-electron chi connectivity index (χ2n) is 9.78. The summed E-state index contributed by atoms with van der Waals surface area (Å²) in [6.45, 7) is 19.9. The van der Waals surface area contributed by atoms with Crippen LogP contribution < -0.4 is 0 Å². The molecule has 0 spiro atoms. The average molecular weight is 477 g/mol. The zero-order chi connectivity index (χ0) is 23.7. The zero-order valence-corrected chi connectivity index (χ0v) is 22.6. The van der Waals surface area contributed by atoms with Crippen LogP contribution >= 0.6 is 0 Å². The Labute approximate surface area is 188 Å². The largest absolute Gasteiger partial charge is 0.453 e. The van der Waals surface area contributed by atoms with Crippen molar-refractivity contribution in [2.45, 2.75) is 116 Å². The molecule has 2 heterocycles. The van der Waals surface area contributed by atoms with E-state index in [1.807, 2.05) is 0 Å². The van der Waals surface area contributed by atoms with E-state index >= 15 is 0 Å². The fourth-order valence-electron chi connectivity index (χ4n) is 4.68. The van der Waals surface area contributed by atoms with Gasteiger partial charge in [-0.2, -0.15) is 0 Å². The normalized spacial score (nSPS) is 30.3. The molecule has 31 heavy (non-hydrogen) atoms. The van der Waals surface area contributed by atoms with Crippen LogP contribution in [0, 0.1) is 0 Å². The van der Waals surface area contributed by atoms with Crippen molar-refractivity contribution in [1.82, 2.24) is 0 Å². The van der Waals surface area contributed by atoms with Crippen LogP contribution in [-0.2, 0) is 36.8 Å². The number of rotatable bonds is 6. The van der Waals surface area contributed by atoms with E-state index in [0.717, 1.165) is 0 Å². The molecule has 0 saturated carbocycles. The molecule has 2 rings (SSSR count). The van der Waals surface area contributed by atoms with Gasteiger partial charge in [0.1, 0.15) is 12.2 Å². The minimum atomic E-state index is -2.90. The number of fused-ring (bicyclic) bond motifs is 1. The van der Waals surface area contributed by atoms with Gasteiger partial charge in [0.25, 0.3) is 0 Å². The quantitative estimate of drug-likeness (QED) is 0.417. The van der Waals surface area contributed by atoms with Gasteiger partial charge >= 0.3 is 29.1 Å². The lowest BCUT2D eigenvalue weighted by Crippen LogP contribution is -2.66. The van der Waals surface area contributed by atoms with Crippen molar-refractivity contribution in [1.29, 1.82) is 0 Å². The summed E-state index contributed by atoms with van der Waals surface area (Å²) in [6.07, 6.45) is -3.10. The van der Waals surface area contributed by atoms with Crippen molar-refractivity contribution in [3.05, 3.63) is 0 Å². The first-order valence-corrected chi connectivity index (χ1v) is 15.2.